The van der Waals surface area contributed by atoms with Gasteiger partial charge in [0, 0.05) is 6.42 Å². The van der Waals surface area contributed by atoms with Crippen LogP contribution in [0.4, 0.5) is 0 Å². The van der Waals surface area contributed by atoms with Gasteiger partial charge in [-0.15, -0.1) is 0 Å². The molecule has 0 amide bonds. The van der Waals surface area contributed by atoms with Gasteiger partial charge in [-0.2, -0.15) is 0 Å². The van der Waals surface area contributed by atoms with E-state index in [1.165, 1.54) is 0 Å². The lowest BCUT2D eigenvalue weighted by atomic mass is 9.94. The quantitative estimate of drug-likeness (QED) is 0.815. The molecule has 0 radical (unpaired) electrons. The minimum atomic E-state index is -0.155. The van der Waals surface area contributed by atoms with Gasteiger partial charge >= 0.3 is 5.97 Å². The first kappa shape index (κ1) is 12.0. The van der Waals surface area contributed by atoms with Crippen molar-refractivity contribution < 1.29 is 14.6 Å². The number of esters is 1. The summed E-state index contributed by atoms with van der Waals surface area (Å²) in [6.45, 7) is 2.13. The Hall–Kier alpha value is -1.51. The molecule has 1 N–H and O–H groups in total. The van der Waals surface area contributed by atoms with E-state index in [2.05, 4.69) is 6.92 Å². The smallest absolute Gasteiger partial charge is 0.313 e. The second-order valence-electron chi connectivity index (χ2n) is 4.58. The SMILES string of the molecule is CCCC[C@H]1C[C@@H](c2ccc(O)cc2)C(=O)O1. The molecule has 2 rings (SSSR count). The molecule has 2 atom stereocenters. The maximum Gasteiger partial charge on any atom is 0.313 e. The summed E-state index contributed by atoms with van der Waals surface area (Å²) >= 11 is 0. The van der Waals surface area contributed by atoms with Crippen molar-refractivity contribution in [3.8, 4) is 5.75 Å². The monoisotopic (exact) mass is 234 g/mol. The Labute approximate surface area is 101 Å². The molecule has 0 aliphatic carbocycles. The van der Waals surface area contributed by atoms with E-state index in [9.17, 15) is 9.90 Å². The molecule has 0 spiro atoms. The van der Waals surface area contributed by atoms with Crippen molar-refractivity contribution >= 4 is 5.97 Å². The third-order valence-electron chi connectivity index (χ3n) is 3.24. The summed E-state index contributed by atoms with van der Waals surface area (Å²) in [4.78, 5) is 11.7. The number of cyclic esters (lactones) is 1. The van der Waals surface area contributed by atoms with Crippen LogP contribution in [-0.2, 0) is 9.53 Å². The zero-order valence-corrected chi connectivity index (χ0v) is 10.1. The molecule has 92 valence electrons. The first-order valence-electron chi connectivity index (χ1n) is 6.20. The highest BCUT2D eigenvalue weighted by Gasteiger charge is 2.34. The van der Waals surface area contributed by atoms with E-state index in [4.69, 9.17) is 4.74 Å². The van der Waals surface area contributed by atoms with Crippen LogP contribution in [0.1, 0.15) is 44.1 Å². The Kier molecular flexibility index (Phi) is 3.67. The summed E-state index contributed by atoms with van der Waals surface area (Å²) in [5, 5.41) is 9.22. The van der Waals surface area contributed by atoms with Gasteiger partial charge in [0.25, 0.3) is 0 Å². The maximum atomic E-state index is 11.7. The molecule has 17 heavy (non-hydrogen) atoms. The second-order valence-corrected chi connectivity index (χ2v) is 4.58. The number of aromatic hydroxyl groups is 1. The number of phenols is 1. The number of benzene rings is 1. The molecule has 1 aliphatic rings. The zero-order chi connectivity index (χ0) is 12.3. The van der Waals surface area contributed by atoms with Crippen LogP contribution < -0.4 is 0 Å². The predicted octanol–water partition coefficient (Wildman–Crippen LogP) is 2.98. The Balaban J connectivity index is 2.02. The normalized spacial score (nSPS) is 23.7. The van der Waals surface area contributed by atoms with Crippen LogP contribution in [0.2, 0.25) is 0 Å². The first-order valence-corrected chi connectivity index (χ1v) is 6.20. The number of hydrogen-bond donors (Lipinski definition) is 1. The molecule has 0 aromatic heterocycles. The summed E-state index contributed by atoms with van der Waals surface area (Å²) in [7, 11) is 0. The van der Waals surface area contributed by atoms with E-state index >= 15 is 0 Å². The lowest BCUT2D eigenvalue weighted by Crippen LogP contribution is -2.06. The van der Waals surface area contributed by atoms with Crippen molar-refractivity contribution in [2.45, 2.75) is 44.6 Å². The molecule has 0 bridgehead atoms. The second kappa shape index (κ2) is 5.21. The highest BCUT2D eigenvalue weighted by molar-refractivity contribution is 5.80. The van der Waals surface area contributed by atoms with Gasteiger partial charge in [0.15, 0.2) is 0 Å². The van der Waals surface area contributed by atoms with E-state index in [0.29, 0.717) is 0 Å². The average Bonchev–Trinajstić information content (AvgIpc) is 2.69. The topological polar surface area (TPSA) is 46.5 Å². The first-order chi connectivity index (χ1) is 8.20. The van der Waals surface area contributed by atoms with Gasteiger partial charge in [-0.3, -0.25) is 4.79 Å². The molecule has 3 nitrogen and oxygen atoms in total. The van der Waals surface area contributed by atoms with Gasteiger partial charge < -0.3 is 9.84 Å². The van der Waals surface area contributed by atoms with Crippen LogP contribution in [0.5, 0.6) is 5.75 Å². The zero-order valence-electron chi connectivity index (χ0n) is 10.1. The van der Waals surface area contributed by atoms with Crippen molar-refractivity contribution in [1.29, 1.82) is 0 Å². The molecule has 0 saturated carbocycles. The molecular weight excluding hydrogens is 216 g/mol. The van der Waals surface area contributed by atoms with Crippen LogP contribution in [0.15, 0.2) is 24.3 Å². The van der Waals surface area contributed by atoms with Gasteiger partial charge in [-0.05, 0) is 24.1 Å². The van der Waals surface area contributed by atoms with Gasteiger partial charge in [0.2, 0.25) is 0 Å². The van der Waals surface area contributed by atoms with E-state index in [1.807, 2.05) is 0 Å². The van der Waals surface area contributed by atoms with Crippen LogP contribution in [0.25, 0.3) is 0 Å². The highest BCUT2D eigenvalue weighted by Crippen LogP contribution is 2.33. The summed E-state index contributed by atoms with van der Waals surface area (Å²) in [6.07, 6.45) is 4.01. The molecule has 1 aliphatic heterocycles. The summed E-state index contributed by atoms with van der Waals surface area (Å²) in [6, 6.07) is 6.82. The van der Waals surface area contributed by atoms with Crippen LogP contribution in [0.3, 0.4) is 0 Å². The minimum Gasteiger partial charge on any atom is -0.508 e. The van der Waals surface area contributed by atoms with E-state index in [0.717, 1.165) is 31.2 Å². The van der Waals surface area contributed by atoms with Gasteiger partial charge in [-0.25, -0.2) is 0 Å². The molecule has 0 unspecified atom stereocenters. The lowest BCUT2D eigenvalue weighted by Gasteiger charge is -2.07. The fraction of sp³-hybridized carbons (Fsp3) is 0.500. The number of rotatable bonds is 4. The molecule has 3 heteroatoms. The van der Waals surface area contributed by atoms with Crippen molar-refractivity contribution in [3.63, 3.8) is 0 Å². The Bertz CT molecular complexity index is 383. The fourth-order valence-electron chi connectivity index (χ4n) is 2.24. The Morgan fingerprint density at radius 1 is 1.35 bits per heavy atom. The lowest BCUT2D eigenvalue weighted by molar-refractivity contribution is -0.142. The Morgan fingerprint density at radius 3 is 2.71 bits per heavy atom. The summed E-state index contributed by atoms with van der Waals surface area (Å²) in [5.41, 5.74) is 0.937. The predicted molar refractivity (Wildman–Crippen MR) is 64.9 cm³/mol. The maximum absolute atomic E-state index is 11.7. The third kappa shape index (κ3) is 2.78. The molecule has 1 aromatic rings. The largest absolute Gasteiger partial charge is 0.508 e. The Morgan fingerprint density at radius 2 is 2.06 bits per heavy atom. The third-order valence-corrected chi connectivity index (χ3v) is 3.24. The number of ether oxygens (including phenoxy) is 1. The van der Waals surface area contributed by atoms with Crippen molar-refractivity contribution in [1.82, 2.24) is 0 Å². The molecule has 1 saturated heterocycles. The van der Waals surface area contributed by atoms with Crippen LogP contribution in [-0.4, -0.2) is 17.2 Å². The standard InChI is InChI=1S/C14H18O3/c1-2-3-4-12-9-13(14(16)17-12)10-5-7-11(15)8-6-10/h5-8,12-13,15H,2-4,9H2,1H3/t12-,13-/m0/s1. The minimum absolute atomic E-state index is 0.0706. The van der Waals surface area contributed by atoms with Crippen molar-refractivity contribution in [3.05, 3.63) is 29.8 Å². The molecule has 1 aromatic carbocycles. The number of unbranched alkanes of at least 4 members (excludes halogenated alkanes) is 1. The van der Waals surface area contributed by atoms with Crippen molar-refractivity contribution in [2.75, 3.05) is 0 Å². The summed E-state index contributed by atoms with van der Waals surface area (Å²) < 4.78 is 5.36. The van der Waals surface area contributed by atoms with Gasteiger partial charge in [0.05, 0.1) is 5.92 Å². The number of hydrogen-bond acceptors (Lipinski definition) is 3. The average molecular weight is 234 g/mol. The van der Waals surface area contributed by atoms with Gasteiger partial charge in [-0.1, -0.05) is 31.9 Å². The van der Waals surface area contributed by atoms with Crippen LogP contribution in [0, 0.1) is 0 Å². The van der Waals surface area contributed by atoms with Gasteiger partial charge in [0.1, 0.15) is 11.9 Å². The number of carbonyl (C=O) groups excluding carboxylic acids is 1. The van der Waals surface area contributed by atoms with E-state index in [-0.39, 0.29) is 23.7 Å². The molecule has 1 heterocycles. The molecule has 1 fully saturated rings. The number of carbonyl (C=O) groups is 1. The fourth-order valence-corrected chi connectivity index (χ4v) is 2.24. The van der Waals surface area contributed by atoms with E-state index < -0.39 is 0 Å². The highest BCUT2D eigenvalue weighted by atomic mass is 16.5. The van der Waals surface area contributed by atoms with Crippen molar-refractivity contribution in [2.24, 2.45) is 0 Å². The molecular formula is C14H18O3. The number of phenolic OH excluding ortho intramolecular Hbond substituents is 1. The van der Waals surface area contributed by atoms with E-state index in [1.54, 1.807) is 24.3 Å². The van der Waals surface area contributed by atoms with Crippen LogP contribution >= 0.6 is 0 Å². The summed E-state index contributed by atoms with van der Waals surface area (Å²) in [5.74, 6) is -0.0584.